The van der Waals surface area contributed by atoms with Crippen LogP contribution in [0.2, 0.25) is 0 Å². The Balaban J connectivity index is 0. The molecule has 2 heteroatoms. The molecular formula is C13H31NO. The molecule has 0 saturated heterocycles. The van der Waals surface area contributed by atoms with Crippen LogP contribution in [0.5, 0.6) is 0 Å². The molecule has 94 valence electrons. The van der Waals surface area contributed by atoms with Gasteiger partial charge in [0, 0.05) is 0 Å². The number of nitrogens with zero attached hydrogens (tertiary/aromatic N) is 1. The third-order valence-electron chi connectivity index (χ3n) is 3.58. The van der Waals surface area contributed by atoms with E-state index >= 15 is 0 Å². The number of quaternary nitrogens is 1. The van der Waals surface area contributed by atoms with E-state index in [0.717, 1.165) is 7.11 Å². The quantitative estimate of drug-likeness (QED) is 0.663. The normalized spacial score (nSPS) is 12.4. The fourth-order valence-electron chi connectivity index (χ4n) is 3.58. The fourth-order valence-corrected chi connectivity index (χ4v) is 3.58. The van der Waals surface area contributed by atoms with Crippen molar-refractivity contribution in [3.8, 4) is 0 Å². The zero-order chi connectivity index (χ0) is 12.8. The topological polar surface area (TPSA) is 23.1 Å². The molecule has 2 nitrogen and oxygen atoms in total. The van der Waals surface area contributed by atoms with Crippen molar-refractivity contribution < 1.29 is 9.59 Å². The molecule has 0 aromatic carbocycles. The molecule has 0 aromatic rings. The molecule has 0 aliphatic carbocycles. The van der Waals surface area contributed by atoms with Gasteiger partial charge in [-0.1, -0.05) is 0 Å². The van der Waals surface area contributed by atoms with Crippen LogP contribution in [-0.4, -0.2) is 35.8 Å². The van der Waals surface area contributed by atoms with Crippen molar-refractivity contribution in [1.82, 2.24) is 0 Å². The molecule has 0 fully saturated rings. The summed E-state index contributed by atoms with van der Waals surface area (Å²) in [5.41, 5.74) is 0. The van der Waals surface area contributed by atoms with E-state index in [1.807, 2.05) is 0 Å². The Morgan fingerprint density at radius 3 is 0.667 bits per heavy atom. The van der Waals surface area contributed by atoms with Gasteiger partial charge < -0.3 is 9.59 Å². The van der Waals surface area contributed by atoms with Crippen LogP contribution in [-0.2, 0) is 0 Å². The van der Waals surface area contributed by atoms with Crippen molar-refractivity contribution in [1.29, 1.82) is 0 Å². The van der Waals surface area contributed by atoms with E-state index in [9.17, 15) is 0 Å². The molecule has 0 rings (SSSR count). The molecule has 15 heavy (non-hydrogen) atoms. The minimum Gasteiger partial charge on any atom is -0.857 e. The van der Waals surface area contributed by atoms with Crippen LogP contribution in [0.3, 0.4) is 0 Å². The Hall–Kier alpha value is -0.0800. The SMILES string of the molecule is CC(C)[N+](C(C)C)(C(C)C)C(C)C.C[O-]. The van der Waals surface area contributed by atoms with Gasteiger partial charge in [-0.2, -0.15) is 7.11 Å². The van der Waals surface area contributed by atoms with Gasteiger partial charge in [0.25, 0.3) is 0 Å². The highest BCUT2D eigenvalue weighted by Gasteiger charge is 2.40. The summed E-state index contributed by atoms with van der Waals surface area (Å²) in [7, 11) is 0.750. The van der Waals surface area contributed by atoms with Crippen molar-refractivity contribution in [3.05, 3.63) is 0 Å². The van der Waals surface area contributed by atoms with Crippen LogP contribution in [0.15, 0.2) is 0 Å². The van der Waals surface area contributed by atoms with E-state index in [1.165, 1.54) is 4.48 Å². The molecular weight excluding hydrogens is 186 g/mol. The summed E-state index contributed by atoms with van der Waals surface area (Å²) < 4.78 is 1.22. The molecule has 0 aliphatic rings. The Labute approximate surface area is 96.9 Å². The van der Waals surface area contributed by atoms with Gasteiger partial charge >= 0.3 is 0 Å². The Bertz CT molecular complexity index is 113. The van der Waals surface area contributed by atoms with Crippen LogP contribution in [0, 0.1) is 0 Å². The van der Waals surface area contributed by atoms with Crippen LogP contribution in [0.25, 0.3) is 0 Å². The van der Waals surface area contributed by atoms with Crippen LogP contribution in [0.4, 0.5) is 0 Å². The number of hydrogen-bond donors (Lipinski definition) is 0. The highest BCUT2D eigenvalue weighted by molar-refractivity contribution is 4.61. The summed E-state index contributed by atoms with van der Waals surface area (Å²) in [6, 6.07) is 2.83. The second-order valence-corrected chi connectivity index (χ2v) is 5.27. The van der Waals surface area contributed by atoms with Gasteiger partial charge in [-0.15, -0.1) is 0 Å². The largest absolute Gasteiger partial charge is 0.857 e. The van der Waals surface area contributed by atoms with Gasteiger partial charge in [-0.3, -0.25) is 0 Å². The molecule has 0 bridgehead atoms. The maximum atomic E-state index is 8.25. The van der Waals surface area contributed by atoms with Crippen molar-refractivity contribution in [2.45, 2.75) is 79.6 Å². The van der Waals surface area contributed by atoms with Gasteiger partial charge in [-0.25, -0.2) is 0 Å². The lowest BCUT2D eigenvalue weighted by Gasteiger charge is -2.52. The van der Waals surface area contributed by atoms with E-state index in [4.69, 9.17) is 5.11 Å². The van der Waals surface area contributed by atoms with Crippen molar-refractivity contribution in [2.75, 3.05) is 7.11 Å². The minimum atomic E-state index is 0.708. The van der Waals surface area contributed by atoms with Crippen LogP contribution in [0.1, 0.15) is 55.4 Å². The van der Waals surface area contributed by atoms with E-state index in [2.05, 4.69) is 55.4 Å². The lowest BCUT2D eigenvalue weighted by atomic mass is 10.0. The first-order valence-corrected chi connectivity index (χ1v) is 6.06. The molecule has 0 N–H and O–H groups in total. The van der Waals surface area contributed by atoms with Gasteiger partial charge in [0.15, 0.2) is 0 Å². The highest BCUT2D eigenvalue weighted by atomic mass is 16.2. The lowest BCUT2D eigenvalue weighted by Crippen LogP contribution is -2.65. The first-order valence-electron chi connectivity index (χ1n) is 6.06. The Morgan fingerprint density at radius 1 is 0.533 bits per heavy atom. The maximum Gasteiger partial charge on any atom is 0.0839 e. The summed E-state index contributed by atoms with van der Waals surface area (Å²) >= 11 is 0. The monoisotopic (exact) mass is 217 g/mol. The molecule has 0 unspecified atom stereocenters. The molecule has 0 aliphatic heterocycles. The van der Waals surface area contributed by atoms with Gasteiger partial charge in [0.05, 0.1) is 24.2 Å². The molecule has 0 saturated carbocycles. The zero-order valence-electron chi connectivity index (χ0n) is 12.2. The molecule has 0 atom stereocenters. The first kappa shape index (κ1) is 17.3. The van der Waals surface area contributed by atoms with E-state index < -0.39 is 0 Å². The molecule has 0 radical (unpaired) electrons. The van der Waals surface area contributed by atoms with Crippen molar-refractivity contribution in [3.63, 3.8) is 0 Å². The Kier molecular flexibility index (Phi) is 8.35. The summed E-state index contributed by atoms with van der Waals surface area (Å²) in [5, 5.41) is 8.25. The van der Waals surface area contributed by atoms with E-state index in [0.29, 0.717) is 24.2 Å². The molecule has 0 amide bonds. The van der Waals surface area contributed by atoms with Crippen molar-refractivity contribution >= 4 is 0 Å². The summed E-state index contributed by atoms with van der Waals surface area (Å²) in [4.78, 5) is 0. The molecule has 0 aromatic heterocycles. The molecule has 0 heterocycles. The van der Waals surface area contributed by atoms with Gasteiger partial charge in [0.2, 0.25) is 0 Å². The first-order chi connectivity index (χ1) is 6.77. The van der Waals surface area contributed by atoms with E-state index in [-0.39, 0.29) is 0 Å². The predicted octanol–water partition coefficient (Wildman–Crippen LogP) is 2.41. The number of rotatable bonds is 4. The minimum absolute atomic E-state index is 0.708. The van der Waals surface area contributed by atoms with Crippen LogP contribution < -0.4 is 5.11 Å². The second-order valence-electron chi connectivity index (χ2n) is 5.27. The van der Waals surface area contributed by atoms with E-state index in [1.54, 1.807) is 0 Å². The highest BCUT2D eigenvalue weighted by Crippen LogP contribution is 2.28. The van der Waals surface area contributed by atoms with Gasteiger partial charge in [0.1, 0.15) is 0 Å². The smallest absolute Gasteiger partial charge is 0.0839 e. The van der Waals surface area contributed by atoms with Gasteiger partial charge in [-0.05, 0) is 55.4 Å². The predicted molar refractivity (Wildman–Crippen MR) is 66.7 cm³/mol. The summed E-state index contributed by atoms with van der Waals surface area (Å²) in [5.74, 6) is 0. The third kappa shape index (κ3) is 3.46. The average Bonchev–Trinajstić information content (AvgIpc) is 2.05. The lowest BCUT2D eigenvalue weighted by molar-refractivity contribution is -1.00. The van der Waals surface area contributed by atoms with Crippen LogP contribution >= 0.6 is 0 Å². The number of hydrogen-bond acceptors (Lipinski definition) is 1. The third-order valence-corrected chi connectivity index (χ3v) is 3.58. The summed E-state index contributed by atoms with van der Waals surface area (Å²) in [6.07, 6.45) is 0. The fraction of sp³-hybridized carbons (Fsp3) is 1.00. The standard InChI is InChI=1S/C12H28N.CH3O/c1-9(2)13(10(3)4,11(5)6)12(7)8;1-2/h9-12H,1-8H3;1H3/q+1;-1. The maximum absolute atomic E-state index is 8.25. The second kappa shape index (κ2) is 7.24. The Morgan fingerprint density at radius 2 is 0.667 bits per heavy atom. The zero-order valence-corrected chi connectivity index (χ0v) is 12.2. The summed E-state index contributed by atoms with van der Waals surface area (Å²) in [6.45, 7) is 18.8. The molecule has 0 spiro atoms. The average molecular weight is 217 g/mol. The van der Waals surface area contributed by atoms with Crippen molar-refractivity contribution in [2.24, 2.45) is 0 Å².